The molecule has 7 heteroatoms. The highest BCUT2D eigenvalue weighted by molar-refractivity contribution is 6.35. The Kier molecular flexibility index (Phi) is 6.09. The molecule has 0 bridgehead atoms. The Hall–Kier alpha value is -2.79. The maximum atomic E-state index is 12.6. The Labute approximate surface area is 188 Å². The molecular weight excluding hydrogens is 443 g/mol. The number of rotatable bonds is 5. The van der Waals surface area contributed by atoms with E-state index < -0.39 is 5.97 Å². The number of nitrogens with zero attached hydrogens (tertiary/aromatic N) is 2. The van der Waals surface area contributed by atoms with E-state index in [1.807, 2.05) is 48.7 Å². The Balaban J connectivity index is 1.65. The lowest BCUT2D eigenvalue weighted by molar-refractivity contribution is 0.0473. The summed E-state index contributed by atoms with van der Waals surface area (Å²) in [6, 6.07) is 21.7. The molecule has 0 N–H and O–H groups in total. The van der Waals surface area contributed by atoms with E-state index >= 15 is 0 Å². The van der Waals surface area contributed by atoms with Crippen LogP contribution in [0.25, 0.3) is 16.9 Å². The van der Waals surface area contributed by atoms with Gasteiger partial charge in [-0.2, -0.15) is 5.10 Å². The summed E-state index contributed by atoms with van der Waals surface area (Å²) in [4.78, 5) is 12.6. The van der Waals surface area contributed by atoms with Crippen molar-refractivity contribution in [3.63, 3.8) is 0 Å². The van der Waals surface area contributed by atoms with Gasteiger partial charge in [0, 0.05) is 27.4 Å². The van der Waals surface area contributed by atoms with Gasteiger partial charge in [-0.3, -0.25) is 0 Å². The number of hydrogen-bond donors (Lipinski definition) is 0. The van der Waals surface area contributed by atoms with Crippen LogP contribution in [0, 0.1) is 0 Å². The number of carbonyl (C=O) groups is 1. The van der Waals surface area contributed by atoms with Crippen LogP contribution < -0.4 is 0 Å². The van der Waals surface area contributed by atoms with E-state index in [9.17, 15) is 4.79 Å². The molecule has 0 amide bonds. The summed E-state index contributed by atoms with van der Waals surface area (Å²) in [5, 5.41) is 6.01. The van der Waals surface area contributed by atoms with Crippen molar-refractivity contribution in [2.45, 2.75) is 6.61 Å². The van der Waals surface area contributed by atoms with Gasteiger partial charge in [0.1, 0.15) is 6.61 Å². The van der Waals surface area contributed by atoms with E-state index in [1.165, 1.54) is 6.07 Å². The Bertz CT molecular complexity index is 1190. The zero-order chi connectivity index (χ0) is 21.1. The van der Waals surface area contributed by atoms with Gasteiger partial charge in [0.2, 0.25) is 0 Å². The van der Waals surface area contributed by atoms with Crippen molar-refractivity contribution < 1.29 is 9.53 Å². The van der Waals surface area contributed by atoms with Crippen LogP contribution in [0.3, 0.4) is 0 Å². The topological polar surface area (TPSA) is 44.1 Å². The van der Waals surface area contributed by atoms with Gasteiger partial charge in [-0.05, 0) is 42.5 Å². The third-order valence-electron chi connectivity index (χ3n) is 4.44. The first-order valence-electron chi connectivity index (χ1n) is 9.03. The van der Waals surface area contributed by atoms with Crippen molar-refractivity contribution in [2.75, 3.05) is 0 Å². The lowest BCUT2D eigenvalue weighted by Crippen LogP contribution is -2.06. The number of benzene rings is 3. The molecule has 3 aromatic carbocycles. The van der Waals surface area contributed by atoms with E-state index in [2.05, 4.69) is 0 Å². The molecule has 150 valence electrons. The number of aromatic nitrogens is 2. The standard InChI is InChI=1S/C23H15Cl3N2O2/c24-17-8-6-15(7-9-17)22-16(13-28(27-22)19-4-2-1-3-5-19)14-30-23(29)20-12-18(25)10-11-21(20)26/h1-13H,14H2. The second-order valence-corrected chi connectivity index (χ2v) is 7.77. The average Bonchev–Trinajstić information content (AvgIpc) is 3.19. The predicted octanol–water partition coefficient (Wildman–Crippen LogP) is 6.86. The Morgan fingerprint density at radius 2 is 1.60 bits per heavy atom. The molecule has 1 aromatic heterocycles. The van der Waals surface area contributed by atoms with E-state index in [0.717, 1.165) is 16.8 Å². The lowest BCUT2D eigenvalue weighted by Gasteiger charge is -2.07. The summed E-state index contributed by atoms with van der Waals surface area (Å²) in [5.41, 5.74) is 3.41. The minimum atomic E-state index is -0.558. The molecule has 0 saturated carbocycles. The number of ether oxygens (including phenoxy) is 1. The van der Waals surface area contributed by atoms with Gasteiger partial charge < -0.3 is 4.74 Å². The van der Waals surface area contributed by atoms with E-state index in [4.69, 9.17) is 44.6 Å². The van der Waals surface area contributed by atoms with Gasteiger partial charge in [0.25, 0.3) is 0 Å². The maximum absolute atomic E-state index is 12.6. The molecule has 0 spiro atoms. The number of esters is 1. The highest BCUT2D eigenvalue weighted by atomic mass is 35.5. The number of halogens is 3. The molecule has 1 heterocycles. The Morgan fingerprint density at radius 3 is 2.33 bits per heavy atom. The van der Waals surface area contributed by atoms with Gasteiger partial charge in [-0.1, -0.05) is 65.1 Å². The van der Waals surface area contributed by atoms with Crippen LogP contribution in [-0.4, -0.2) is 15.7 Å². The molecule has 30 heavy (non-hydrogen) atoms. The molecular formula is C23H15Cl3N2O2. The smallest absolute Gasteiger partial charge is 0.340 e. The molecule has 0 aliphatic carbocycles. The van der Waals surface area contributed by atoms with Crippen LogP contribution in [0.15, 0.2) is 79.0 Å². The van der Waals surface area contributed by atoms with Crippen molar-refractivity contribution in [3.8, 4) is 16.9 Å². The highest BCUT2D eigenvalue weighted by Crippen LogP contribution is 2.27. The fraction of sp³-hybridized carbons (Fsp3) is 0.0435. The van der Waals surface area contributed by atoms with Crippen LogP contribution in [0.4, 0.5) is 0 Å². The van der Waals surface area contributed by atoms with Crippen LogP contribution in [0.1, 0.15) is 15.9 Å². The zero-order valence-corrected chi connectivity index (χ0v) is 17.8. The quantitative estimate of drug-likeness (QED) is 0.308. The van der Waals surface area contributed by atoms with Gasteiger partial charge in [-0.25, -0.2) is 9.48 Å². The summed E-state index contributed by atoms with van der Waals surface area (Å²) >= 11 is 18.1. The molecule has 0 aliphatic rings. The first-order chi connectivity index (χ1) is 14.5. The van der Waals surface area contributed by atoms with Crippen molar-refractivity contribution >= 4 is 40.8 Å². The van der Waals surface area contributed by atoms with Gasteiger partial charge in [0.05, 0.1) is 22.0 Å². The second-order valence-electron chi connectivity index (χ2n) is 6.49. The predicted molar refractivity (Wildman–Crippen MR) is 120 cm³/mol. The van der Waals surface area contributed by atoms with Gasteiger partial charge >= 0.3 is 5.97 Å². The van der Waals surface area contributed by atoms with E-state index in [0.29, 0.717) is 15.7 Å². The molecule has 0 atom stereocenters. The molecule has 0 unspecified atom stereocenters. The second kappa shape index (κ2) is 8.92. The molecule has 0 fully saturated rings. The normalized spacial score (nSPS) is 10.8. The first-order valence-corrected chi connectivity index (χ1v) is 10.2. The Morgan fingerprint density at radius 1 is 0.900 bits per heavy atom. The average molecular weight is 458 g/mol. The third kappa shape index (κ3) is 4.51. The number of para-hydroxylation sites is 1. The highest BCUT2D eigenvalue weighted by Gasteiger charge is 2.17. The van der Waals surface area contributed by atoms with Crippen LogP contribution in [0.5, 0.6) is 0 Å². The third-order valence-corrected chi connectivity index (χ3v) is 5.25. The minimum absolute atomic E-state index is 0.0203. The fourth-order valence-electron chi connectivity index (χ4n) is 2.95. The van der Waals surface area contributed by atoms with Crippen LogP contribution >= 0.6 is 34.8 Å². The molecule has 4 rings (SSSR count). The first kappa shape index (κ1) is 20.5. The fourth-order valence-corrected chi connectivity index (χ4v) is 3.45. The lowest BCUT2D eigenvalue weighted by atomic mass is 10.1. The molecule has 4 nitrogen and oxygen atoms in total. The molecule has 4 aromatic rings. The van der Waals surface area contributed by atoms with E-state index in [1.54, 1.807) is 28.9 Å². The molecule has 0 aliphatic heterocycles. The SMILES string of the molecule is O=C(OCc1cn(-c2ccccc2)nc1-c1ccc(Cl)cc1)c1cc(Cl)ccc1Cl. The van der Waals surface area contributed by atoms with Crippen molar-refractivity contribution in [2.24, 2.45) is 0 Å². The largest absolute Gasteiger partial charge is 0.457 e. The summed E-state index contributed by atoms with van der Waals surface area (Å²) in [7, 11) is 0. The summed E-state index contributed by atoms with van der Waals surface area (Å²) in [6.07, 6.45) is 1.84. The van der Waals surface area contributed by atoms with Crippen LogP contribution in [0.2, 0.25) is 15.1 Å². The van der Waals surface area contributed by atoms with Crippen molar-refractivity contribution in [1.29, 1.82) is 0 Å². The summed E-state index contributed by atoms with van der Waals surface area (Å²) < 4.78 is 7.27. The van der Waals surface area contributed by atoms with Gasteiger partial charge in [0.15, 0.2) is 0 Å². The van der Waals surface area contributed by atoms with E-state index in [-0.39, 0.29) is 17.2 Å². The molecule has 0 radical (unpaired) electrons. The zero-order valence-electron chi connectivity index (χ0n) is 15.6. The van der Waals surface area contributed by atoms with Crippen molar-refractivity contribution in [3.05, 3.63) is 105 Å². The van der Waals surface area contributed by atoms with Crippen LogP contribution in [-0.2, 0) is 11.3 Å². The number of hydrogen-bond acceptors (Lipinski definition) is 3. The molecule has 0 saturated heterocycles. The number of carbonyl (C=O) groups excluding carboxylic acids is 1. The van der Waals surface area contributed by atoms with Gasteiger partial charge in [-0.15, -0.1) is 0 Å². The van der Waals surface area contributed by atoms with Crippen molar-refractivity contribution in [1.82, 2.24) is 9.78 Å². The summed E-state index contributed by atoms with van der Waals surface area (Å²) in [5.74, 6) is -0.558. The monoisotopic (exact) mass is 456 g/mol. The maximum Gasteiger partial charge on any atom is 0.340 e. The minimum Gasteiger partial charge on any atom is -0.457 e. The summed E-state index contributed by atoms with van der Waals surface area (Å²) in [6.45, 7) is 0.0203.